The van der Waals surface area contributed by atoms with E-state index >= 15 is 0 Å². The number of hydrogen-bond acceptors (Lipinski definition) is 8. The van der Waals surface area contributed by atoms with Gasteiger partial charge < -0.3 is 19.3 Å². The van der Waals surface area contributed by atoms with Crippen LogP contribution < -0.4 is 0 Å². The van der Waals surface area contributed by atoms with Crippen LogP contribution in [0.5, 0.6) is 0 Å². The fourth-order valence-corrected chi connectivity index (χ4v) is 3.10. The van der Waals surface area contributed by atoms with Crippen molar-refractivity contribution in [3.8, 4) is 0 Å². The minimum absolute atomic E-state index is 0.170. The summed E-state index contributed by atoms with van der Waals surface area (Å²) >= 11 is 0. The van der Waals surface area contributed by atoms with E-state index in [-0.39, 0.29) is 16.7 Å². The average molecular weight is 553 g/mol. The summed E-state index contributed by atoms with van der Waals surface area (Å²) in [7, 11) is -4.81. The number of unbranched alkanes of at least 4 members (excludes halogenated alkanes) is 3. The van der Waals surface area contributed by atoms with Crippen LogP contribution in [-0.2, 0) is 30.0 Å². The van der Waals surface area contributed by atoms with Crippen LogP contribution in [0, 0.1) is 0 Å². The second-order valence-corrected chi connectivity index (χ2v) is 9.39. The molecule has 0 atom stereocenters. The molecule has 11 heteroatoms. The number of rotatable bonds is 14. The fraction of sp³-hybridized carbons (Fsp3) is 0.444. The van der Waals surface area contributed by atoms with Gasteiger partial charge in [0.1, 0.15) is 0 Å². The van der Waals surface area contributed by atoms with Crippen LogP contribution in [-0.4, -0.2) is 40.9 Å². The van der Waals surface area contributed by atoms with E-state index in [0.29, 0.717) is 13.2 Å². The third-order valence-corrected chi connectivity index (χ3v) is 5.32. The van der Waals surface area contributed by atoms with Crippen molar-refractivity contribution in [3.63, 3.8) is 0 Å². The normalized spacial score (nSPS) is 10.7. The maximum atomic E-state index is 11.9. The molecule has 2 aromatic carbocycles. The Hall–Kier alpha value is -3.04. The first kappa shape index (κ1) is 33.0. The summed E-state index contributed by atoms with van der Waals surface area (Å²) < 4.78 is 24.3. The van der Waals surface area contributed by atoms with Gasteiger partial charge in [-0.05, 0) is 55.5 Å². The van der Waals surface area contributed by atoms with Gasteiger partial charge in [-0.3, -0.25) is 4.89 Å². The van der Waals surface area contributed by atoms with Gasteiger partial charge in [0.2, 0.25) is 0 Å². The lowest BCUT2D eigenvalue weighted by Crippen LogP contribution is -2.14. The van der Waals surface area contributed by atoms with Crippen LogP contribution in [0.3, 0.4) is 0 Å². The lowest BCUT2D eigenvalue weighted by Gasteiger charge is -2.09. The maximum absolute atomic E-state index is 11.9. The van der Waals surface area contributed by atoms with Crippen molar-refractivity contribution in [2.75, 3.05) is 13.2 Å². The van der Waals surface area contributed by atoms with E-state index < -0.39 is 25.7 Å². The number of carbonyl (C=O) groups excluding carboxylic acids is 3. The van der Waals surface area contributed by atoms with Crippen LogP contribution in [0.2, 0.25) is 0 Å². The quantitative estimate of drug-likeness (QED) is 0.0968. The second-order valence-electron chi connectivity index (χ2n) is 8.26. The SMILES string of the molecule is CCCCOC(=O)c1ccccc1C(=O)OCCCC.CCCCc1ccc(C(=O)OOP(=O)(O)O)cc1. The van der Waals surface area contributed by atoms with Gasteiger partial charge in [-0.1, -0.05) is 69.0 Å². The first-order chi connectivity index (χ1) is 18.1. The average Bonchev–Trinajstić information content (AvgIpc) is 2.91. The Balaban J connectivity index is 0.000000382. The molecule has 2 rings (SSSR count). The predicted molar refractivity (Wildman–Crippen MR) is 140 cm³/mol. The van der Waals surface area contributed by atoms with Crippen molar-refractivity contribution in [1.29, 1.82) is 0 Å². The van der Waals surface area contributed by atoms with E-state index in [1.165, 1.54) is 12.1 Å². The predicted octanol–water partition coefficient (Wildman–Crippen LogP) is 5.81. The van der Waals surface area contributed by atoms with Crippen LogP contribution in [0.4, 0.5) is 0 Å². The molecule has 210 valence electrons. The highest BCUT2D eigenvalue weighted by Gasteiger charge is 2.20. The standard InChI is InChI=1S/C16H22O4.C11H15O6P/c1-3-5-11-19-15(17)13-9-7-8-10-14(13)16(18)20-12-6-4-2;1-2-3-4-9-5-7-10(8-6-9)11(12)16-17-18(13,14)15/h7-10H,3-6,11-12H2,1-2H3;5-8H,2-4H2,1H3,(H2,13,14,15). The highest BCUT2D eigenvalue weighted by molar-refractivity contribution is 7.46. The molecule has 2 aromatic rings. The number of benzene rings is 2. The summed E-state index contributed by atoms with van der Waals surface area (Å²) in [5.74, 6) is -1.89. The van der Waals surface area contributed by atoms with Crippen molar-refractivity contribution in [2.45, 2.75) is 65.7 Å². The molecule has 0 fully saturated rings. The Labute approximate surface area is 223 Å². The Morgan fingerprint density at radius 2 is 1.18 bits per heavy atom. The molecule has 0 bridgehead atoms. The summed E-state index contributed by atoms with van der Waals surface area (Å²) in [5.41, 5.74) is 1.79. The van der Waals surface area contributed by atoms with Crippen molar-refractivity contribution < 1.29 is 47.8 Å². The highest BCUT2D eigenvalue weighted by Crippen LogP contribution is 2.36. The first-order valence-electron chi connectivity index (χ1n) is 12.6. The Kier molecular flexibility index (Phi) is 15.8. The van der Waals surface area contributed by atoms with E-state index in [9.17, 15) is 18.9 Å². The molecule has 0 unspecified atom stereocenters. The highest BCUT2D eigenvalue weighted by atomic mass is 31.2. The largest absolute Gasteiger partial charge is 0.505 e. The minimum atomic E-state index is -4.81. The van der Waals surface area contributed by atoms with Crippen LogP contribution in [0.25, 0.3) is 0 Å². The molecule has 0 aromatic heterocycles. The molecule has 0 spiro atoms. The zero-order valence-corrected chi connectivity index (χ0v) is 23.0. The fourth-order valence-electron chi connectivity index (χ4n) is 2.93. The number of aryl methyl sites for hydroxylation is 1. The monoisotopic (exact) mass is 552 g/mol. The van der Waals surface area contributed by atoms with Gasteiger partial charge in [0.25, 0.3) is 0 Å². The van der Waals surface area contributed by atoms with Gasteiger partial charge in [0.05, 0.1) is 29.9 Å². The summed E-state index contributed by atoms with van der Waals surface area (Å²) in [6, 6.07) is 13.2. The number of hydrogen-bond donors (Lipinski definition) is 2. The zero-order valence-electron chi connectivity index (χ0n) is 22.1. The molecule has 0 radical (unpaired) electrons. The Morgan fingerprint density at radius 3 is 1.61 bits per heavy atom. The van der Waals surface area contributed by atoms with E-state index in [1.54, 1.807) is 36.4 Å². The number of ether oxygens (including phenoxy) is 2. The summed E-state index contributed by atoms with van der Waals surface area (Å²) in [5, 5.41) is 0. The van der Waals surface area contributed by atoms with Gasteiger partial charge >= 0.3 is 25.7 Å². The molecule has 0 amide bonds. The van der Waals surface area contributed by atoms with Gasteiger partial charge in [-0.15, -0.1) is 0 Å². The molecule has 2 N–H and O–H groups in total. The number of phosphoric acid groups is 1. The Bertz CT molecular complexity index is 1010. The molecule has 0 saturated carbocycles. The third kappa shape index (κ3) is 13.5. The van der Waals surface area contributed by atoms with Gasteiger partial charge in [0.15, 0.2) is 0 Å². The minimum Gasteiger partial charge on any atom is -0.462 e. The first-order valence-corrected chi connectivity index (χ1v) is 14.1. The molecule has 0 aliphatic heterocycles. The Morgan fingerprint density at radius 1 is 0.711 bits per heavy atom. The van der Waals surface area contributed by atoms with Crippen molar-refractivity contribution in [3.05, 3.63) is 70.8 Å². The van der Waals surface area contributed by atoms with Crippen molar-refractivity contribution in [1.82, 2.24) is 0 Å². The number of esters is 2. The topological polar surface area (TPSA) is 146 Å². The van der Waals surface area contributed by atoms with Crippen molar-refractivity contribution >= 4 is 25.7 Å². The van der Waals surface area contributed by atoms with E-state index in [2.05, 4.69) is 16.5 Å². The summed E-state index contributed by atoms with van der Waals surface area (Å²) in [6.07, 6.45) is 6.60. The molecule has 38 heavy (non-hydrogen) atoms. The molecule has 0 saturated heterocycles. The molecular weight excluding hydrogens is 515 g/mol. The lowest BCUT2D eigenvalue weighted by molar-refractivity contribution is -0.166. The molecule has 10 nitrogen and oxygen atoms in total. The summed E-state index contributed by atoms with van der Waals surface area (Å²) in [6.45, 7) is 6.87. The summed E-state index contributed by atoms with van der Waals surface area (Å²) in [4.78, 5) is 56.0. The molecule has 0 heterocycles. The maximum Gasteiger partial charge on any atom is 0.505 e. The second kappa shape index (κ2) is 18.3. The molecular formula is C27H37O10P. The van der Waals surface area contributed by atoms with Crippen molar-refractivity contribution in [2.24, 2.45) is 0 Å². The van der Waals surface area contributed by atoms with Gasteiger partial charge in [-0.25, -0.2) is 18.9 Å². The third-order valence-electron chi connectivity index (χ3n) is 5.05. The van der Waals surface area contributed by atoms with E-state index in [0.717, 1.165) is 50.5 Å². The van der Waals surface area contributed by atoms with E-state index in [1.807, 2.05) is 13.8 Å². The zero-order chi connectivity index (χ0) is 28.4. The van der Waals surface area contributed by atoms with Gasteiger partial charge in [-0.2, -0.15) is 0 Å². The lowest BCUT2D eigenvalue weighted by atomic mass is 10.1. The molecule has 0 aliphatic rings. The van der Waals surface area contributed by atoms with Crippen LogP contribution in [0.15, 0.2) is 48.5 Å². The van der Waals surface area contributed by atoms with Gasteiger partial charge in [0, 0.05) is 0 Å². The van der Waals surface area contributed by atoms with E-state index in [4.69, 9.17) is 19.3 Å². The molecule has 0 aliphatic carbocycles. The number of carbonyl (C=O) groups is 3. The van der Waals surface area contributed by atoms with Crippen LogP contribution in [0.1, 0.15) is 95.9 Å². The smallest absolute Gasteiger partial charge is 0.462 e. The van der Waals surface area contributed by atoms with Crippen LogP contribution >= 0.6 is 7.82 Å².